The Labute approximate surface area is 151 Å². The Morgan fingerprint density at radius 1 is 1.12 bits per heavy atom. The topological polar surface area (TPSA) is 84.1 Å². The number of fused-ring (bicyclic) bond motifs is 1. The number of hydrogen-bond donors (Lipinski definition) is 3. The van der Waals surface area contributed by atoms with Crippen LogP contribution in [0.25, 0.3) is 22.3 Å². The number of benzene rings is 2. The Balaban J connectivity index is 1.95. The average Bonchev–Trinajstić information content (AvgIpc) is 2.64. The van der Waals surface area contributed by atoms with Crippen molar-refractivity contribution >= 4 is 28.5 Å². The van der Waals surface area contributed by atoms with Crippen molar-refractivity contribution in [3.8, 4) is 17.1 Å². The molecule has 4 N–H and O–H groups in total. The number of phenolic OH excluding ortho intramolecular Hbond substituents is 1. The van der Waals surface area contributed by atoms with Crippen molar-refractivity contribution in [1.29, 1.82) is 0 Å². The van der Waals surface area contributed by atoms with E-state index in [4.69, 9.17) is 5.73 Å². The Morgan fingerprint density at radius 2 is 1.88 bits per heavy atom. The molecule has 1 aromatic heterocycles. The molecule has 6 heteroatoms. The van der Waals surface area contributed by atoms with E-state index in [0.717, 1.165) is 28.9 Å². The fourth-order valence-corrected chi connectivity index (χ4v) is 3.13. The number of rotatable bonds is 7. The van der Waals surface area contributed by atoms with E-state index in [1.54, 1.807) is 23.9 Å². The van der Waals surface area contributed by atoms with Gasteiger partial charge in [-0.2, -0.15) is 11.8 Å². The zero-order chi connectivity index (χ0) is 17.6. The summed E-state index contributed by atoms with van der Waals surface area (Å²) in [6.07, 6.45) is 3.03. The smallest absolute Gasteiger partial charge is 0.165 e. The second kappa shape index (κ2) is 8.18. The zero-order valence-electron chi connectivity index (χ0n) is 14.1. The molecule has 3 aromatic rings. The maximum Gasteiger partial charge on any atom is 0.165 e. The van der Waals surface area contributed by atoms with E-state index in [2.05, 4.69) is 21.5 Å². The molecule has 1 unspecified atom stereocenters. The van der Waals surface area contributed by atoms with Gasteiger partial charge in [0.25, 0.3) is 0 Å². The predicted molar refractivity (Wildman–Crippen MR) is 106 cm³/mol. The van der Waals surface area contributed by atoms with E-state index in [-0.39, 0.29) is 11.8 Å². The number of nitrogens with one attached hydrogen (secondary N) is 1. The van der Waals surface area contributed by atoms with E-state index in [0.29, 0.717) is 17.9 Å². The summed E-state index contributed by atoms with van der Waals surface area (Å²) >= 11 is 1.79. The number of aromatic nitrogens is 2. The maximum absolute atomic E-state index is 10.1. The van der Waals surface area contributed by atoms with E-state index in [1.807, 2.05) is 36.4 Å². The number of aromatic hydroxyl groups is 1. The van der Waals surface area contributed by atoms with E-state index < -0.39 is 0 Å². The van der Waals surface area contributed by atoms with Gasteiger partial charge in [0.15, 0.2) is 5.82 Å². The zero-order valence-corrected chi connectivity index (χ0v) is 15.0. The van der Waals surface area contributed by atoms with Gasteiger partial charge in [-0.1, -0.05) is 24.3 Å². The third-order valence-corrected chi connectivity index (χ3v) is 4.62. The lowest BCUT2D eigenvalue weighted by atomic mass is 10.1. The summed E-state index contributed by atoms with van der Waals surface area (Å²) in [7, 11) is 0. The van der Waals surface area contributed by atoms with Gasteiger partial charge in [-0.05, 0) is 42.7 Å². The van der Waals surface area contributed by atoms with Crippen molar-refractivity contribution in [2.45, 2.75) is 12.5 Å². The van der Waals surface area contributed by atoms with Crippen LogP contribution in [0.2, 0.25) is 0 Å². The lowest BCUT2D eigenvalue weighted by Crippen LogP contribution is -2.30. The maximum atomic E-state index is 10.1. The van der Waals surface area contributed by atoms with Crippen molar-refractivity contribution in [3.63, 3.8) is 0 Å². The second-order valence-corrected chi connectivity index (χ2v) is 6.84. The van der Waals surface area contributed by atoms with Crippen LogP contribution in [0.1, 0.15) is 6.42 Å². The third kappa shape index (κ3) is 4.21. The standard InChI is InChI=1S/C19H22N4OS/c1-25-11-10-13(20)12-21-18-14-6-2-4-8-16(14)22-19(23-18)15-7-3-5-9-17(15)24/h2-9,13,24H,10-12,20H2,1H3,(H,21,22,23). The van der Waals surface area contributed by atoms with Crippen LogP contribution in [0.3, 0.4) is 0 Å². The number of hydrogen-bond acceptors (Lipinski definition) is 6. The summed E-state index contributed by atoms with van der Waals surface area (Å²) in [6, 6.07) is 15.0. The molecule has 130 valence electrons. The molecule has 0 amide bonds. The van der Waals surface area contributed by atoms with Crippen molar-refractivity contribution < 1.29 is 5.11 Å². The van der Waals surface area contributed by atoms with Gasteiger partial charge in [-0.15, -0.1) is 0 Å². The van der Waals surface area contributed by atoms with Crippen molar-refractivity contribution in [2.75, 3.05) is 23.9 Å². The van der Waals surface area contributed by atoms with Crippen LogP contribution < -0.4 is 11.1 Å². The highest BCUT2D eigenvalue weighted by atomic mass is 32.2. The molecule has 0 aliphatic rings. The molecule has 25 heavy (non-hydrogen) atoms. The number of nitrogens with two attached hydrogens (primary N) is 1. The predicted octanol–water partition coefficient (Wildman–Crippen LogP) is 3.49. The number of anilines is 1. The molecule has 0 saturated heterocycles. The lowest BCUT2D eigenvalue weighted by Gasteiger charge is -2.15. The molecule has 0 bridgehead atoms. The minimum Gasteiger partial charge on any atom is -0.507 e. The largest absolute Gasteiger partial charge is 0.507 e. The van der Waals surface area contributed by atoms with Crippen LogP contribution in [-0.2, 0) is 0 Å². The van der Waals surface area contributed by atoms with Gasteiger partial charge < -0.3 is 16.2 Å². The Morgan fingerprint density at radius 3 is 2.68 bits per heavy atom. The normalized spacial score (nSPS) is 12.2. The van der Waals surface area contributed by atoms with Gasteiger partial charge in [0.2, 0.25) is 0 Å². The molecule has 5 nitrogen and oxygen atoms in total. The average molecular weight is 354 g/mol. The molecule has 0 aliphatic heterocycles. The molecule has 1 heterocycles. The molecule has 3 rings (SSSR count). The van der Waals surface area contributed by atoms with E-state index >= 15 is 0 Å². The molecular formula is C19H22N4OS. The molecule has 1 atom stereocenters. The van der Waals surface area contributed by atoms with E-state index in [9.17, 15) is 5.11 Å². The lowest BCUT2D eigenvalue weighted by molar-refractivity contribution is 0.477. The molecule has 0 fully saturated rings. The second-order valence-electron chi connectivity index (χ2n) is 5.85. The highest BCUT2D eigenvalue weighted by Gasteiger charge is 2.12. The minimum absolute atomic E-state index is 0.0646. The molecule has 0 aliphatic carbocycles. The number of nitrogens with zero attached hydrogens (tertiary/aromatic N) is 2. The van der Waals surface area contributed by atoms with Gasteiger partial charge in [0, 0.05) is 18.0 Å². The van der Waals surface area contributed by atoms with Crippen LogP contribution in [0, 0.1) is 0 Å². The quantitative estimate of drug-likeness (QED) is 0.602. The number of thioether (sulfide) groups is 1. The number of para-hydroxylation sites is 2. The number of phenols is 1. The fourth-order valence-electron chi connectivity index (χ4n) is 2.59. The Kier molecular flexibility index (Phi) is 5.73. The van der Waals surface area contributed by atoms with E-state index in [1.165, 1.54) is 0 Å². The SMILES string of the molecule is CSCCC(N)CNc1nc(-c2ccccc2O)nc2ccccc12. The first-order valence-corrected chi connectivity index (χ1v) is 9.62. The molecule has 2 aromatic carbocycles. The van der Waals surface area contributed by atoms with Crippen LogP contribution in [0.5, 0.6) is 5.75 Å². The first kappa shape index (κ1) is 17.5. The summed E-state index contributed by atoms with van der Waals surface area (Å²) in [5, 5.41) is 14.4. The van der Waals surface area contributed by atoms with Gasteiger partial charge in [-0.3, -0.25) is 0 Å². The van der Waals surface area contributed by atoms with Gasteiger partial charge >= 0.3 is 0 Å². The molecule has 0 saturated carbocycles. The van der Waals surface area contributed by atoms with Crippen LogP contribution in [0.15, 0.2) is 48.5 Å². The summed E-state index contributed by atoms with van der Waals surface area (Å²) in [4.78, 5) is 9.24. The summed E-state index contributed by atoms with van der Waals surface area (Å²) in [5.74, 6) is 2.44. The first-order valence-electron chi connectivity index (χ1n) is 8.22. The highest BCUT2D eigenvalue weighted by Crippen LogP contribution is 2.29. The van der Waals surface area contributed by atoms with Crippen molar-refractivity contribution in [2.24, 2.45) is 5.73 Å². The van der Waals surface area contributed by atoms with Crippen molar-refractivity contribution in [1.82, 2.24) is 9.97 Å². The highest BCUT2D eigenvalue weighted by molar-refractivity contribution is 7.98. The summed E-state index contributed by atoms with van der Waals surface area (Å²) < 4.78 is 0. The molecular weight excluding hydrogens is 332 g/mol. The van der Waals surface area contributed by atoms with Gasteiger partial charge in [0.05, 0.1) is 11.1 Å². The van der Waals surface area contributed by atoms with Crippen molar-refractivity contribution in [3.05, 3.63) is 48.5 Å². The monoisotopic (exact) mass is 354 g/mol. The fraction of sp³-hybridized carbons (Fsp3) is 0.263. The minimum atomic E-state index is 0.0646. The first-order chi connectivity index (χ1) is 12.2. The van der Waals surface area contributed by atoms with Crippen LogP contribution in [-0.4, -0.2) is 39.7 Å². The summed E-state index contributed by atoms with van der Waals surface area (Å²) in [6.45, 7) is 0.641. The van der Waals surface area contributed by atoms with Gasteiger partial charge in [-0.25, -0.2) is 9.97 Å². The van der Waals surface area contributed by atoms with Gasteiger partial charge in [0.1, 0.15) is 11.6 Å². The molecule has 0 radical (unpaired) electrons. The Hall–Kier alpha value is -2.31. The Bertz CT molecular complexity index is 856. The summed E-state index contributed by atoms with van der Waals surface area (Å²) in [5.41, 5.74) is 7.61. The van der Waals surface area contributed by atoms with Crippen LogP contribution in [0.4, 0.5) is 5.82 Å². The third-order valence-electron chi connectivity index (χ3n) is 3.97. The van der Waals surface area contributed by atoms with Crippen LogP contribution >= 0.6 is 11.8 Å². The molecule has 0 spiro atoms.